The van der Waals surface area contributed by atoms with Crippen molar-refractivity contribution in [3.05, 3.63) is 34.9 Å². The van der Waals surface area contributed by atoms with Gasteiger partial charge in [-0.3, -0.25) is 4.79 Å². The second-order valence-electron chi connectivity index (χ2n) is 5.61. The molecule has 0 aliphatic heterocycles. The highest BCUT2D eigenvalue weighted by atomic mass is 16.5. The molecule has 1 rings (SSSR count). The highest BCUT2D eigenvalue weighted by Crippen LogP contribution is 2.20. The third-order valence-corrected chi connectivity index (χ3v) is 4.00. The summed E-state index contributed by atoms with van der Waals surface area (Å²) >= 11 is 0. The molecule has 0 saturated heterocycles. The lowest BCUT2D eigenvalue weighted by Gasteiger charge is -2.19. The van der Waals surface area contributed by atoms with E-state index in [0.717, 1.165) is 19.3 Å². The fraction of sp³-hybridized carbons (Fsp3) is 0.588. The molecule has 0 aliphatic rings. The Kier molecular flexibility index (Phi) is 6.73. The maximum Gasteiger partial charge on any atom is 0.322 e. The van der Waals surface area contributed by atoms with Crippen molar-refractivity contribution in [1.82, 2.24) is 0 Å². The summed E-state index contributed by atoms with van der Waals surface area (Å²) in [5.41, 5.74) is 9.88. The van der Waals surface area contributed by atoms with E-state index in [1.54, 1.807) is 0 Å². The molecule has 0 aromatic heterocycles. The topological polar surface area (TPSA) is 52.3 Å². The van der Waals surface area contributed by atoms with Crippen molar-refractivity contribution >= 4 is 5.97 Å². The van der Waals surface area contributed by atoms with Gasteiger partial charge in [0.25, 0.3) is 0 Å². The van der Waals surface area contributed by atoms with Gasteiger partial charge < -0.3 is 10.5 Å². The number of rotatable bonds is 7. The predicted molar refractivity (Wildman–Crippen MR) is 82.6 cm³/mol. The number of hydrogen-bond donors (Lipinski definition) is 1. The normalized spacial score (nSPS) is 13.8. The van der Waals surface area contributed by atoms with Crippen molar-refractivity contribution in [2.45, 2.75) is 52.5 Å². The smallest absolute Gasteiger partial charge is 0.322 e. The molecule has 1 aromatic rings. The second kappa shape index (κ2) is 8.05. The van der Waals surface area contributed by atoms with E-state index < -0.39 is 6.04 Å². The van der Waals surface area contributed by atoms with Crippen LogP contribution in [0.5, 0.6) is 0 Å². The fourth-order valence-electron chi connectivity index (χ4n) is 2.52. The van der Waals surface area contributed by atoms with Crippen molar-refractivity contribution in [3.63, 3.8) is 0 Å². The van der Waals surface area contributed by atoms with Crippen molar-refractivity contribution in [3.8, 4) is 0 Å². The van der Waals surface area contributed by atoms with E-state index in [1.807, 2.05) is 0 Å². The molecule has 0 aliphatic carbocycles. The van der Waals surface area contributed by atoms with E-state index in [9.17, 15) is 4.79 Å². The van der Waals surface area contributed by atoms with Gasteiger partial charge in [0, 0.05) is 0 Å². The summed E-state index contributed by atoms with van der Waals surface area (Å²) < 4.78 is 4.69. The minimum atomic E-state index is -0.497. The molecule has 3 heteroatoms. The summed E-state index contributed by atoms with van der Waals surface area (Å²) in [6.07, 6.45) is 3.84. The molecule has 0 heterocycles. The lowest BCUT2D eigenvalue weighted by molar-refractivity contribution is -0.142. The highest BCUT2D eigenvalue weighted by Gasteiger charge is 2.19. The number of carbonyl (C=O) groups is 1. The number of esters is 1. The lowest BCUT2D eigenvalue weighted by atomic mass is 9.90. The number of nitrogens with two attached hydrogens (primary N) is 1. The Labute approximate surface area is 122 Å². The number of carbonyl (C=O) groups excluding carboxylic acids is 1. The molecule has 2 N–H and O–H groups in total. The third kappa shape index (κ3) is 4.97. The van der Waals surface area contributed by atoms with Gasteiger partial charge in [0.2, 0.25) is 0 Å². The minimum Gasteiger partial charge on any atom is -0.468 e. The summed E-state index contributed by atoms with van der Waals surface area (Å²) in [6.45, 7) is 6.42. The zero-order valence-corrected chi connectivity index (χ0v) is 13.1. The van der Waals surface area contributed by atoms with Gasteiger partial charge in [0.05, 0.1) is 7.11 Å². The quantitative estimate of drug-likeness (QED) is 0.779. The number of methoxy groups -OCH3 is 1. The monoisotopic (exact) mass is 277 g/mol. The zero-order chi connectivity index (χ0) is 15.1. The average Bonchev–Trinajstić information content (AvgIpc) is 2.45. The Morgan fingerprint density at radius 2 is 2.05 bits per heavy atom. The summed E-state index contributed by atoms with van der Waals surface area (Å²) in [6, 6.07) is 6.07. The first kappa shape index (κ1) is 16.7. The third-order valence-electron chi connectivity index (χ3n) is 4.00. The summed E-state index contributed by atoms with van der Waals surface area (Å²) in [4.78, 5) is 11.4. The van der Waals surface area contributed by atoms with E-state index in [4.69, 9.17) is 10.5 Å². The van der Waals surface area contributed by atoms with Crippen molar-refractivity contribution < 1.29 is 9.53 Å². The van der Waals surface area contributed by atoms with Crippen LogP contribution >= 0.6 is 0 Å². The molecule has 0 saturated carbocycles. The second-order valence-corrected chi connectivity index (χ2v) is 5.61. The standard InChI is InChI=1S/C17H27NO2/c1-5-14(11-16(18)17(19)20-4)8-9-15-10-12(2)6-7-13(15)3/h6-7,10,14,16H,5,8-9,11,18H2,1-4H3. The number of benzene rings is 1. The largest absolute Gasteiger partial charge is 0.468 e. The van der Waals surface area contributed by atoms with E-state index >= 15 is 0 Å². The number of aryl methyl sites for hydroxylation is 3. The minimum absolute atomic E-state index is 0.310. The lowest BCUT2D eigenvalue weighted by Crippen LogP contribution is -2.33. The maximum atomic E-state index is 11.4. The predicted octanol–water partition coefficient (Wildman–Crippen LogP) is 3.15. The molecule has 0 amide bonds. The van der Waals surface area contributed by atoms with Crippen LogP contribution in [-0.2, 0) is 16.0 Å². The Morgan fingerprint density at radius 3 is 2.65 bits per heavy atom. The van der Waals surface area contributed by atoms with E-state index in [1.165, 1.54) is 23.8 Å². The molecule has 112 valence electrons. The van der Waals surface area contributed by atoms with Crippen LogP contribution in [0.4, 0.5) is 0 Å². The zero-order valence-electron chi connectivity index (χ0n) is 13.1. The SMILES string of the molecule is CCC(CCc1cc(C)ccc1C)CC(N)C(=O)OC. The Balaban J connectivity index is 2.57. The molecule has 0 radical (unpaired) electrons. The van der Waals surface area contributed by atoms with Crippen molar-refractivity contribution in [2.24, 2.45) is 11.7 Å². The first-order valence-electron chi connectivity index (χ1n) is 7.37. The number of ether oxygens (including phenoxy) is 1. The Bertz CT molecular complexity index is 443. The van der Waals surface area contributed by atoms with Gasteiger partial charge in [-0.2, -0.15) is 0 Å². The summed E-state index contributed by atoms with van der Waals surface area (Å²) in [7, 11) is 1.39. The fourth-order valence-corrected chi connectivity index (χ4v) is 2.52. The molecule has 3 nitrogen and oxygen atoms in total. The van der Waals surface area contributed by atoms with E-state index in [-0.39, 0.29) is 5.97 Å². The Hall–Kier alpha value is -1.35. The van der Waals surface area contributed by atoms with Crippen LogP contribution in [0, 0.1) is 19.8 Å². The molecule has 0 fully saturated rings. The molecule has 2 unspecified atom stereocenters. The molecule has 1 aromatic carbocycles. The Morgan fingerprint density at radius 1 is 1.35 bits per heavy atom. The van der Waals surface area contributed by atoms with Gasteiger partial charge in [-0.25, -0.2) is 0 Å². The molecule has 0 bridgehead atoms. The van der Waals surface area contributed by atoms with Crippen LogP contribution in [0.2, 0.25) is 0 Å². The summed E-state index contributed by atoms with van der Waals surface area (Å²) in [5, 5.41) is 0. The summed E-state index contributed by atoms with van der Waals surface area (Å²) in [5.74, 6) is 0.152. The molecule has 20 heavy (non-hydrogen) atoms. The van der Waals surface area contributed by atoms with Crippen LogP contribution in [0.15, 0.2) is 18.2 Å². The molecule has 0 spiro atoms. The van der Waals surface area contributed by atoms with Crippen molar-refractivity contribution in [1.29, 1.82) is 0 Å². The van der Waals surface area contributed by atoms with Gasteiger partial charge in [-0.05, 0) is 50.2 Å². The molecule has 2 atom stereocenters. The van der Waals surface area contributed by atoms with Gasteiger partial charge in [0.1, 0.15) is 6.04 Å². The first-order valence-corrected chi connectivity index (χ1v) is 7.37. The van der Waals surface area contributed by atoms with Crippen molar-refractivity contribution in [2.75, 3.05) is 7.11 Å². The maximum absolute atomic E-state index is 11.4. The first-order chi connectivity index (χ1) is 9.47. The molecular weight excluding hydrogens is 250 g/mol. The van der Waals surface area contributed by atoms with E-state index in [0.29, 0.717) is 12.3 Å². The molecular formula is C17H27NO2. The average molecular weight is 277 g/mol. The highest BCUT2D eigenvalue weighted by molar-refractivity contribution is 5.75. The van der Waals surface area contributed by atoms with Gasteiger partial charge in [-0.1, -0.05) is 37.1 Å². The van der Waals surface area contributed by atoms with Gasteiger partial charge in [-0.15, -0.1) is 0 Å². The van der Waals surface area contributed by atoms with Gasteiger partial charge >= 0.3 is 5.97 Å². The van der Waals surface area contributed by atoms with Gasteiger partial charge in [0.15, 0.2) is 0 Å². The van der Waals surface area contributed by atoms with Crippen LogP contribution in [0.25, 0.3) is 0 Å². The van der Waals surface area contributed by atoms with E-state index in [2.05, 4.69) is 39.0 Å². The van der Waals surface area contributed by atoms with Crippen LogP contribution in [-0.4, -0.2) is 19.1 Å². The van der Waals surface area contributed by atoms with Crippen LogP contribution in [0.3, 0.4) is 0 Å². The van der Waals surface area contributed by atoms with Crippen LogP contribution < -0.4 is 5.73 Å². The number of hydrogen-bond acceptors (Lipinski definition) is 3. The van der Waals surface area contributed by atoms with Crippen LogP contribution in [0.1, 0.15) is 42.9 Å².